The molecule has 0 fully saturated rings. The highest BCUT2D eigenvalue weighted by atomic mass is 15.1. The molecule has 0 saturated carbocycles. The maximum Gasteiger partial charge on any atom is 0.0850 e. The van der Waals surface area contributed by atoms with Crippen LogP contribution in [0.2, 0.25) is 0 Å². The van der Waals surface area contributed by atoms with Crippen molar-refractivity contribution < 1.29 is 0 Å². The molecule has 0 spiro atoms. The van der Waals surface area contributed by atoms with Crippen LogP contribution in [0.5, 0.6) is 0 Å². The lowest BCUT2D eigenvalue weighted by atomic mass is 10.3. The summed E-state index contributed by atoms with van der Waals surface area (Å²) in [7, 11) is 0. The first kappa shape index (κ1) is 5.81. The third-order valence-electron chi connectivity index (χ3n) is 1.11. The van der Waals surface area contributed by atoms with E-state index in [1.54, 1.807) is 6.92 Å². The number of hydrogen-bond donors (Lipinski definition) is 2. The molecule has 0 aromatic carbocycles. The molecule has 4 heteroatoms. The number of aryl methyl sites for hydroxylation is 1. The quantitative estimate of drug-likeness (QED) is 0.508. The van der Waals surface area contributed by atoms with Crippen LogP contribution < -0.4 is 11.5 Å². The lowest BCUT2D eigenvalue weighted by Gasteiger charge is -1.98. The van der Waals surface area contributed by atoms with Gasteiger partial charge >= 0.3 is 0 Å². The number of anilines is 2. The molecule has 1 heterocycles. The molecule has 1 aromatic heterocycles. The first-order valence-corrected chi connectivity index (χ1v) is 2.55. The summed E-state index contributed by atoms with van der Waals surface area (Å²) in [4.78, 5) is 0. The SMILES string of the molecule is Cc1nncc(N)c1N. The fourth-order valence-electron chi connectivity index (χ4n) is 0.510. The van der Waals surface area contributed by atoms with E-state index in [0.29, 0.717) is 17.1 Å². The Morgan fingerprint density at radius 3 is 2.56 bits per heavy atom. The number of aromatic nitrogens is 2. The first-order chi connectivity index (χ1) is 4.22. The minimum Gasteiger partial charge on any atom is -0.396 e. The molecule has 0 aliphatic rings. The third-order valence-corrected chi connectivity index (χ3v) is 1.11. The van der Waals surface area contributed by atoms with Crippen LogP contribution in [0.3, 0.4) is 0 Å². The number of nitrogen functional groups attached to an aromatic ring is 2. The van der Waals surface area contributed by atoms with Crippen LogP contribution >= 0.6 is 0 Å². The van der Waals surface area contributed by atoms with Gasteiger partial charge in [-0.2, -0.15) is 10.2 Å². The number of nitrogens with two attached hydrogens (primary N) is 2. The van der Waals surface area contributed by atoms with E-state index in [9.17, 15) is 0 Å². The van der Waals surface area contributed by atoms with E-state index in [-0.39, 0.29) is 0 Å². The summed E-state index contributed by atoms with van der Waals surface area (Å²) in [5, 5.41) is 7.27. The molecule has 1 aromatic rings. The second-order valence-electron chi connectivity index (χ2n) is 1.80. The highest BCUT2D eigenvalue weighted by molar-refractivity contribution is 5.63. The van der Waals surface area contributed by atoms with E-state index in [0.717, 1.165) is 0 Å². The zero-order valence-corrected chi connectivity index (χ0v) is 5.13. The van der Waals surface area contributed by atoms with Crippen molar-refractivity contribution in [1.82, 2.24) is 10.2 Å². The van der Waals surface area contributed by atoms with Crippen molar-refractivity contribution in [2.75, 3.05) is 11.5 Å². The minimum absolute atomic E-state index is 0.488. The molecular weight excluding hydrogens is 116 g/mol. The van der Waals surface area contributed by atoms with Crippen LogP contribution in [0.15, 0.2) is 6.20 Å². The average molecular weight is 124 g/mol. The van der Waals surface area contributed by atoms with Crippen LogP contribution in [0, 0.1) is 6.92 Å². The normalized spacial score (nSPS) is 9.44. The maximum absolute atomic E-state index is 5.45. The van der Waals surface area contributed by atoms with Crippen molar-refractivity contribution in [3.63, 3.8) is 0 Å². The van der Waals surface area contributed by atoms with Gasteiger partial charge in [0.1, 0.15) is 0 Å². The van der Waals surface area contributed by atoms with Crippen LogP contribution in [0.25, 0.3) is 0 Å². The van der Waals surface area contributed by atoms with Crippen molar-refractivity contribution in [1.29, 1.82) is 0 Å². The Labute approximate surface area is 52.9 Å². The third kappa shape index (κ3) is 0.910. The van der Waals surface area contributed by atoms with Crippen LogP contribution in [0.4, 0.5) is 11.4 Å². The number of hydrogen-bond acceptors (Lipinski definition) is 4. The second kappa shape index (κ2) is 1.89. The Bertz CT molecular complexity index is 200. The van der Waals surface area contributed by atoms with Crippen LogP contribution in [-0.2, 0) is 0 Å². The predicted octanol–water partition coefficient (Wildman–Crippen LogP) is -0.0506. The highest BCUT2D eigenvalue weighted by Crippen LogP contribution is 2.12. The fourth-order valence-corrected chi connectivity index (χ4v) is 0.510. The number of nitrogens with zero attached hydrogens (tertiary/aromatic N) is 2. The molecule has 4 N–H and O–H groups in total. The van der Waals surface area contributed by atoms with Gasteiger partial charge in [0, 0.05) is 0 Å². The average Bonchev–Trinajstić information content (AvgIpc) is 1.83. The molecule has 0 aliphatic heterocycles. The van der Waals surface area contributed by atoms with Gasteiger partial charge in [-0.1, -0.05) is 0 Å². The summed E-state index contributed by atoms with van der Waals surface area (Å²) >= 11 is 0. The molecule has 0 amide bonds. The number of rotatable bonds is 0. The van der Waals surface area contributed by atoms with E-state index in [2.05, 4.69) is 10.2 Å². The van der Waals surface area contributed by atoms with E-state index >= 15 is 0 Å². The van der Waals surface area contributed by atoms with Gasteiger partial charge in [0.2, 0.25) is 0 Å². The molecule has 4 nitrogen and oxygen atoms in total. The van der Waals surface area contributed by atoms with Crippen molar-refractivity contribution in [3.05, 3.63) is 11.9 Å². The van der Waals surface area contributed by atoms with Crippen molar-refractivity contribution in [2.24, 2.45) is 0 Å². The molecular formula is C5H8N4. The molecule has 9 heavy (non-hydrogen) atoms. The van der Waals surface area contributed by atoms with E-state index in [4.69, 9.17) is 11.5 Å². The summed E-state index contributed by atoms with van der Waals surface area (Å²) in [6.45, 7) is 1.76. The molecule has 0 saturated heterocycles. The summed E-state index contributed by atoms with van der Waals surface area (Å²) in [5.74, 6) is 0. The van der Waals surface area contributed by atoms with Gasteiger partial charge in [0.05, 0.1) is 23.3 Å². The molecule has 48 valence electrons. The highest BCUT2D eigenvalue weighted by Gasteiger charge is 1.96. The Morgan fingerprint density at radius 2 is 2.11 bits per heavy atom. The largest absolute Gasteiger partial charge is 0.396 e. The molecule has 0 aliphatic carbocycles. The topological polar surface area (TPSA) is 77.8 Å². The van der Waals surface area contributed by atoms with Gasteiger partial charge in [0.25, 0.3) is 0 Å². The molecule has 0 unspecified atom stereocenters. The standard InChI is InChI=1S/C5H8N4/c1-3-5(7)4(6)2-8-9-3/h2H,1H3,(H2,6,9)(H2,7,8). The van der Waals surface area contributed by atoms with E-state index < -0.39 is 0 Å². The van der Waals surface area contributed by atoms with E-state index in [1.807, 2.05) is 0 Å². The second-order valence-corrected chi connectivity index (χ2v) is 1.80. The van der Waals surface area contributed by atoms with Gasteiger partial charge in [-0.3, -0.25) is 0 Å². The Morgan fingerprint density at radius 1 is 1.44 bits per heavy atom. The Kier molecular flexibility index (Phi) is 1.22. The van der Waals surface area contributed by atoms with Gasteiger partial charge in [-0.05, 0) is 6.92 Å². The van der Waals surface area contributed by atoms with Gasteiger partial charge < -0.3 is 11.5 Å². The lowest BCUT2D eigenvalue weighted by Crippen LogP contribution is -2.00. The zero-order chi connectivity index (χ0) is 6.85. The Hall–Kier alpha value is -1.32. The van der Waals surface area contributed by atoms with Crippen molar-refractivity contribution >= 4 is 11.4 Å². The van der Waals surface area contributed by atoms with Gasteiger partial charge in [-0.25, -0.2) is 0 Å². The molecule has 0 radical (unpaired) electrons. The van der Waals surface area contributed by atoms with Crippen LogP contribution in [-0.4, -0.2) is 10.2 Å². The fraction of sp³-hybridized carbons (Fsp3) is 0.200. The van der Waals surface area contributed by atoms with Crippen molar-refractivity contribution in [2.45, 2.75) is 6.92 Å². The molecule has 0 atom stereocenters. The van der Waals surface area contributed by atoms with Gasteiger partial charge in [0.15, 0.2) is 0 Å². The summed E-state index contributed by atoms with van der Waals surface area (Å²) < 4.78 is 0. The summed E-state index contributed by atoms with van der Waals surface area (Å²) in [5.41, 5.74) is 12.5. The van der Waals surface area contributed by atoms with Gasteiger partial charge in [-0.15, -0.1) is 0 Å². The van der Waals surface area contributed by atoms with Crippen molar-refractivity contribution in [3.8, 4) is 0 Å². The predicted molar refractivity (Wildman–Crippen MR) is 35.6 cm³/mol. The molecule has 1 rings (SSSR count). The Balaban J connectivity index is 3.25. The van der Waals surface area contributed by atoms with E-state index in [1.165, 1.54) is 6.20 Å². The van der Waals surface area contributed by atoms with Crippen LogP contribution in [0.1, 0.15) is 5.69 Å². The smallest absolute Gasteiger partial charge is 0.0850 e. The zero-order valence-electron chi connectivity index (χ0n) is 5.13. The minimum atomic E-state index is 0.488. The summed E-state index contributed by atoms with van der Waals surface area (Å²) in [6, 6.07) is 0. The first-order valence-electron chi connectivity index (χ1n) is 2.55. The maximum atomic E-state index is 5.45. The summed E-state index contributed by atoms with van der Waals surface area (Å²) in [6.07, 6.45) is 1.43. The monoisotopic (exact) mass is 124 g/mol. The lowest BCUT2D eigenvalue weighted by molar-refractivity contribution is 0.988. The molecule has 0 bridgehead atoms.